The van der Waals surface area contributed by atoms with Crippen LogP contribution < -0.4 is 5.32 Å². The predicted octanol–water partition coefficient (Wildman–Crippen LogP) is 3.15. The van der Waals surface area contributed by atoms with Gasteiger partial charge < -0.3 is 15.0 Å². The molecule has 0 spiro atoms. The Morgan fingerprint density at radius 2 is 1.90 bits per heavy atom. The lowest BCUT2D eigenvalue weighted by molar-refractivity contribution is 0.0526. The van der Waals surface area contributed by atoms with E-state index >= 15 is 0 Å². The number of ether oxygens (including phenoxy) is 1. The molecule has 1 aromatic carbocycles. The maximum Gasteiger partial charge on any atom is 0.338 e. The molecule has 1 aliphatic rings. The minimum atomic E-state index is -0.253. The highest BCUT2D eigenvalue weighted by atomic mass is 16.5. The van der Waals surface area contributed by atoms with Crippen LogP contribution in [-0.2, 0) is 4.74 Å². The third kappa shape index (κ3) is 4.74. The number of nitrogens with one attached hydrogen (secondary N) is 1. The van der Waals surface area contributed by atoms with Crippen molar-refractivity contribution in [2.75, 3.05) is 31.6 Å². The number of esters is 1. The van der Waals surface area contributed by atoms with Gasteiger partial charge in [0.1, 0.15) is 0 Å². The number of hydrogen-bond acceptors (Lipinski definition) is 4. The molecule has 0 atom stereocenters. The second-order valence-electron chi connectivity index (χ2n) is 5.56. The van der Waals surface area contributed by atoms with Gasteiger partial charge in [-0.2, -0.15) is 0 Å². The molecule has 0 bridgehead atoms. The van der Waals surface area contributed by atoms with Crippen LogP contribution in [0.1, 0.15) is 43.5 Å². The summed E-state index contributed by atoms with van der Waals surface area (Å²) in [6.07, 6.45) is 3.59. The van der Waals surface area contributed by atoms with E-state index in [1.54, 1.807) is 0 Å². The van der Waals surface area contributed by atoms with Crippen molar-refractivity contribution in [3.05, 3.63) is 29.8 Å². The molecule has 0 aliphatic carbocycles. The standard InChI is InChI=1S/C17H26N2O2/c1-3-11-19-12-9-16(10-13-19)18-15-7-5-14(6-8-15)17(20)21-4-2/h5-8,16,18H,3-4,9-13H2,1-2H3. The summed E-state index contributed by atoms with van der Waals surface area (Å²) in [5.74, 6) is -0.253. The topological polar surface area (TPSA) is 41.6 Å². The summed E-state index contributed by atoms with van der Waals surface area (Å²) in [4.78, 5) is 14.1. The zero-order valence-electron chi connectivity index (χ0n) is 13.1. The predicted molar refractivity (Wildman–Crippen MR) is 85.8 cm³/mol. The van der Waals surface area contributed by atoms with Gasteiger partial charge in [-0.15, -0.1) is 0 Å². The van der Waals surface area contributed by atoms with Gasteiger partial charge in [0, 0.05) is 24.8 Å². The highest BCUT2D eigenvalue weighted by molar-refractivity contribution is 5.89. The number of hydrogen-bond donors (Lipinski definition) is 1. The van der Waals surface area contributed by atoms with Crippen molar-refractivity contribution in [3.8, 4) is 0 Å². The van der Waals surface area contributed by atoms with Gasteiger partial charge in [0.25, 0.3) is 0 Å². The van der Waals surface area contributed by atoms with Crippen molar-refractivity contribution < 1.29 is 9.53 Å². The van der Waals surface area contributed by atoms with Crippen LogP contribution in [-0.4, -0.2) is 43.2 Å². The van der Waals surface area contributed by atoms with E-state index in [1.165, 1.54) is 38.9 Å². The second kappa shape index (κ2) is 8.03. The van der Waals surface area contributed by atoms with E-state index in [9.17, 15) is 4.79 Å². The molecule has 1 fully saturated rings. The fourth-order valence-corrected chi connectivity index (χ4v) is 2.77. The minimum absolute atomic E-state index is 0.253. The number of carbonyl (C=O) groups excluding carboxylic acids is 1. The lowest BCUT2D eigenvalue weighted by Gasteiger charge is -2.32. The fraction of sp³-hybridized carbons (Fsp3) is 0.588. The number of anilines is 1. The van der Waals surface area contributed by atoms with Gasteiger partial charge in [-0.1, -0.05) is 6.92 Å². The van der Waals surface area contributed by atoms with Crippen LogP contribution in [0.15, 0.2) is 24.3 Å². The van der Waals surface area contributed by atoms with Crippen molar-refractivity contribution >= 4 is 11.7 Å². The van der Waals surface area contributed by atoms with Gasteiger partial charge in [0.2, 0.25) is 0 Å². The molecule has 0 radical (unpaired) electrons. The zero-order valence-corrected chi connectivity index (χ0v) is 13.1. The maximum atomic E-state index is 11.6. The van der Waals surface area contributed by atoms with Gasteiger partial charge in [-0.3, -0.25) is 0 Å². The number of rotatable bonds is 6. The molecule has 1 aromatic rings. The van der Waals surface area contributed by atoms with Crippen molar-refractivity contribution in [3.63, 3.8) is 0 Å². The maximum absolute atomic E-state index is 11.6. The summed E-state index contributed by atoms with van der Waals surface area (Å²) in [7, 11) is 0. The quantitative estimate of drug-likeness (QED) is 0.817. The van der Waals surface area contributed by atoms with Crippen LogP contribution in [0.4, 0.5) is 5.69 Å². The van der Waals surface area contributed by atoms with E-state index in [4.69, 9.17) is 4.74 Å². The van der Waals surface area contributed by atoms with Crippen LogP contribution in [0.25, 0.3) is 0 Å². The largest absolute Gasteiger partial charge is 0.462 e. The molecule has 21 heavy (non-hydrogen) atoms. The van der Waals surface area contributed by atoms with E-state index in [1.807, 2.05) is 31.2 Å². The molecule has 0 amide bonds. The molecule has 0 saturated carbocycles. The number of nitrogens with zero attached hydrogens (tertiary/aromatic N) is 1. The molecule has 0 aromatic heterocycles. The summed E-state index contributed by atoms with van der Waals surface area (Å²) in [5, 5.41) is 3.56. The molecular formula is C17H26N2O2. The SMILES string of the molecule is CCCN1CCC(Nc2ccc(C(=O)OCC)cc2)CC1. The first-order chi connectivity index (χ1) is 10.2. The van der Waals surface area contributed by atoms with Crippen molar-refractivity contribution in [1.29, 1.82) is 0 Å². The van der Waals surface area contributed by atoms with Gasteiger partial charge in [-0.25, -0.2) is 4.79 Å². The van der Waals surface area contributed by atoms with Crippen molar-refractivity contribution in [2.45, 2.75) is 39.2 Å². The van der Waals surface area contributed by atoms with Crippen molar-refractivity contribution in [1.82, 2.24) is 4.90 Å². The molecule has 4 nitrogen and oxygen atoms in total. The Labute approximate surface area is 127 Å². The van der Waals surface area contributed by atoms with E-state index in [0.29, 0.717) is 18.2 Å². The zero-order chi connectivity index (χ0) is 15.1. The molecule has 116 valence electrons. The summed E-state index contributed by atoms with van der Waals surface area (Å²) in [6.45, 7) is 8.02. The average molecular weight is 290 g/mol. The Bertz CT molecular complexity index is 437. The van der Waals surface area contributed by atoms with E-state index < -0.39 is 0 Å². The molecular weight excluding hydrogens is 264 g/mol. The Morgan fingerprint density at radius 3 is 2.48 bits per heavy atom. The summed E-state index contributed by atoms with van der Waals surface area (Å²) < 4.78 is 4.99. The molecule has 1 aliphatic heterocycles. The number of benzene rings is 1. The molecule has 0 unspecified atom stereocenters. The molecule has 1 saturated heterocycles. The van der Waals surface area contributed by atoms with Crippen LogP contribution in [0, 0.1) is 0 Å². The first kappa shape index (κ1) is 15.8. The van der Waals surface area contributed by atoms with Crippen LogP contribution >= 0.6 is 0 Å². The first-order valence-corrected chi connectivity index (χ1v) is 7.99. The Kier molecular flexibility index (Phi) is 6.05. The third-order valence-electron chi connectivity index (χ3n) is 3.89. The normalized spacial score (nSPS) is 16.7. The van der Waals surface area contributed by atoms with Crippen LogP contribution in [0.2, 0.25) is 0 Å². The minimum Gasteiger partial charge on any atom is -0.462 e. The Balaban J connectivity index is 1.82. The first-order valence-electron chi connectivity index (χ1n) is 7.99. The lowest BCUT2D eigenvalue weighted by atomic mass is 10.0. The van der Waals surface area contributed by atoms with Gasteiger partial charge >= 0.3 is 5.97 Å². The monoisotopic (exact) mass is 290 g/mol. The van der Waals surface area contributed by atoms with Gasteiger partial charge in [-0.05, 0) is 57.0 Å². The smallest absolute Gasteiger partial charge is 0.338 e. The van der Waals surface area contributed by atoms with Crippen LogP contribution in [0.5, 0.6) is 0 Å². The van der Waals surface area contributed by atoms with E-state index in [-0.39, 0.29) is 5.97 Å². The highest BCUT2D eigenvalue weighted by Gasteiger charge is 2.18. The van der Waals surface area contributed by atoms with E-state index in [2.05, 4.69) is 17.1 Å². The number of carbonyl (C=O) groups is 1. The average Bonchev–Trinajstić information content (AvgIpc) is 2.50. The molecule has 4 heteroatoms. The number of likely N-dealkylation sites (tertiary alicyclic amines) is 1. The molecule has 1 heterocycles. The summed E-state index contributed by atoms with van der Waals surface area (Å²) in [6, 6.07) is 8.11. The van der Waals surface area contributed by atoms with Crippen molar-refractivity contribution in [2.24, 2.45) is 0 Å². The summed E-state index contributed by atoms with van der Waals surface area (Å²) in [5.41, 5.74) is 1.69. The Morgan fingerprint density at radius 1 is 1.24 bits per heavy atom. The lowest BCUT2D eigenvalue weighted by Crippen LogP contribution is -2.39. The van der Waals surface area contributed by atoms with Gasteiger partial charge in [0.15, 0.2) is 0 Å². The van der Waals surface area contributed by atoms with Crippen LogP contribution in [0.3, 0.4) is 0 Å². The third-order valence-corrected chi connectivity index (χ3v) is 3.89. The summed E-state index contributed by atoms with van der Waals surface area (Å²) >= 11 is 0. The number of piperidine rings is 1. The van der Waals surface area contributed by atoms with E-state index in [0.717, 1.165) is 5.69 Å². The molecule has 1 N–H and O–H groups in total. The molecule has 2 rings (SSSR count). The Hall–Kier alpha value is -1.55. The highest BCUT2D eigenvalue weighted by Crippen LogP contribution is 2.17. The van der Waals surface area contributed by atoms with Gasteiger partial charge in [0.05, 0.1) is 12.2 Å². The second-order valence-corrected chi connectivity index (χ2v) is 5.56. The fourth-order valence-electron chi connectivity index (χ4n) is 2.77.